The van der Waals surface area contributed by atoms with Gasteiger partial charge in [0.25, 0.3) is 0 Å². The topological polar surface area (TPSA) is 68.8 Å². The van der Waals surface area contributed by atoms with Gasteiger partial charge in [-0.1, -0.05) is 12.1 Å². The van der Waals surface area contributed by atoms with Crippen LogP contribution in [0.15, 0.2) is 42.5 Å². The molecule has 120 valence electrons. The highest BCUT2D eigenvalue weighted by Crippen LogP contribution is 2.34. The maximum atomic E-state index is 11.9. The third-order valence-electron chi connectivity index (χ3n) is 3.47. The fourth-order valence-electron chi connectivity index (χ4n) is 2.20. The molecule has 0 saturated carbocycles. The van der Waals surface area contributed by atoms with Crippen LogP contribution in [0.4, 0.5) is 5.69 Å². The first kappa shape index (κ1) is 15.0. The minimum Gasteiger partial charge on any atom is -0.497 e. The summed E-state index contributed by atoms with van der Waals surface area (Å²) in [5.74, 6) is 2.12. The summed E-state index contributed by atoms with van der Waals surface area (Å²) in [5.41, 5.74) is 1.83. The molecule has 2 aromatic carbocycles. The monoisotopic (exact) mass is 314 g/mol. The summed E-state index contributed by atoms with van der Waals surface area (Å²) in [5, 5.41) is 5.92. The van der Waals surface area contributed by atoms with E-state index in [0.29, 0.717) is 12.3 Å². The third-order valence-corrected chi connectivity index (χ3v) is 3.47. The molecule has 0 atom stereocenters. The van der Waals surface area contributed by atoms with Crippen LogP contribution in [0.5, 0.6) is 17.2 Å². The number of carbonyl (C=O) groups excluding carboxylic acids is 1. The van der Waals surface area contributed by atoms with Gasteiger partial charge < -0.3 is 24.8 Å². The number of hydrogen-bond donors (Lipinski definition) is 2. The Kier molecular flexibility index (Phi) is 4.52. The van der Waals surface area contributed by atoms with E-state index < -0.39 is 0 Å². The van der Waals surface area contributed by atoms with Gasteiger partial charge in [0.05, 0.1) is 13.7 Å². The number of fused-ring (bicyclic) bond motifs is 1. The van der Waals surface area contributed by atoms with Crippen LogP contribution in [-0.4, -0.2) is 26.4 Å². The molecule has 0 saturated heterocycles. The molecule has 0 radical (unpaired) electrons. The van der Waals surface area contributed by atoms with Crippen molar-refractivity contribution < 1.29 is 19.0 Å². The van der Waals surface area contributed by atoms with Crippen molar-refractivity contribution in [2.24, 2.45) is 0 Å². The number of ether oxygens (including phenoxy) is 3. The van der Waals surface area contributed by atoms with Crippen molar-refractivity contribution >= 4 is 11.6 Å². The van der Waals surface area contributed by atoms with Crippen LogP contribution in [0.1, 0.15) is 5.56 Å². The van der Waals surface area contributed by atoms with E-state index in [1.165, 1.54) is 0 Å². The van der Waals surface area contributed by atoms with Gasteiger partial charge in [-0.25, -0.2) is 0 Å². The Balaban J connectivity index is 1.45. The fourth-order valence-corrected chi connectivity index (χ4v) is 2.20. The van der Waals surface area contributed by atoms with E-state index in [2.05, 4.69) is 10.6 Å². The van der Waals surface area contributed by atoms with E-state index in [1.807, 2.05) is 42.5 Å². The van der Waals surface area contributed by atoms with Gasteiger partial charge >= 0.3 is 0 Å². The summed E-state index contributed by atoms with van der Waals surface area (Å²) < 4.78 is 15.6. The highest BCUT2D eigenvalue weighted by Gasteiger charge is 2.13. The van der Waals surface area contributed by atoms with E-state index in [1.54, 1.807) is 7.11 Å². The zero-order chi connectivity index (χ0) is 16.1. The van der Waals surface area contributed by atoms with Crippen molar-refractivity contribution in [1.29, 1.82) is 0 Å². The molecule has 6 nitrogen and oxygen atoms in total. The SMILES string of the molecule is COc1ccc(CNC(=O)CNc2ccc3c(c2)OCO3)cc1. The minimum atomic E-state index is -0.0847. The molecule has 0 fully saturated rings. The number of carbonyl (C=O) groups is 1. The molecule has 3 rings (SSSR count). The number of anilines is 1. The fraction of sp³-hybridized carbons (Fsp3) is 0.235. The summed E-state index contributed by atoms with van der Waals surface area (Å²) >= 11 is 0. The second-order valence-corrected chi connectivity index (χ2v) is 5.05. The van der Waals surface area contributed by atoms with Crippen molar-refractivity contribution in [3.05, 3.63) is 48.0 Å². The van der Waals surface area contributed by atoms with E-state index in [-0.39, 0.29) is 19.2 Å². The van der Waals surface area contributed by atoms with Crippen LogP contribution >= 0.6 is 0 Å². The van der Waals surface area contributed by atoms with E-state index in [4.69, 9.17) is 14.2 Å². The maximum Gasteiger partial charge on any atom is 0.239 e. The quantitative estimate of drug-likeness (QED) is 0.855. The van der Waals surface area contributed by atoms with Crippen molar-refractivity contribution in [1.82, 2.24) is 5.32 Å². The van der Waals surface area contributed by atoms with E-state index in [0.717, 1.165) is 22.7 Å². The van der Waals surface area contributed by atoms with Gasteiger partial charge in [0, 0.05) is 18.3 Å². The van der Waals surface area contributed by atoms with Gasteiger partial charge in [-0.05, 0) is 29.8 Å². The minimum absolute atomic E-state index is 0.0847. The van der Waals surface area contributed by atoms with Crippen molar-refractivity contribution in [3.8, 4) is 17.2 Å². The predicted molar refractivity (Wildman–Crippen MR) is 85.9 cm³/mol. The molecule has 0 aromatic heterocycles. The molecule has 1 aliphatic heterocycles. The zero-order valence-corrected chi connectivity index (χ0v) is 12.8. The molecule has 0 spiro atoms. The molecule has 0 aliphatic carbocycles. The maximum absolute atomic E-state index is 11.9. The molecule has 0 unspecified atom stereocenters. The molecule has 1 heterocycles. The molecular formula is C17H18N2O4. The normalized spacial score (nSPS) is 11.9. The standard InChI is InChI=1S/C17H18N2O4/c1-21-14-5-2-12(3-6-14)9-19-17(20)10-18-13-4-7-15-16(8-13)23-11-22-15/h2-8,18H,9-11H2,1H3,(H,19,20). The van der Waals surface area contributed by atoms with Gasteiger partial charge in [0.15, 0.2) is 11.5 Å². The molecule has 1 amide bonds. The highest BCUT2D eigenvalue weighted by molar-refractivity contribution is 5.80. The second kappa shape index (κ2) is 6.91. The Bertz CT molecular complexity index is 685. The number of methoxy groups -OCH3 is 1. The third kappa shape index (κ3) is 3.85. The smallest absolute Gasteiger partial charge is 0.239 e. The van der Waals surface area contributed by atoms with Gasteiger partial charge in [0.2, 0.25) is 12.7 Å². The van der Waals surface area contributed by atoms with Gasteiger partial charge in [-0.3, -0.25) is 4.79 Å². The average Bonchev–Trinajstić information content (AvgIpc) is 3.06. The molecule has 2 aromatic rings. The summed E-state index contributed by atoms with van der Waals surface area (Å²) in [6.07, 6.45) is 0. The van der Waals surface area contributed by atoms with E-state index >= 15 is 0 Å². The first-order valence-electron chi connectivity index (χ1n) is 7.28. The van der Waals surface area contributed by atoms with Crippen LogP contribution in [-0.2, 0) is 11.3 Å². The Morgan fingerprint density at radius 1 is 1.13 bits per heavy atom. The van der Waals surface area contributed by atoms with Gasteiger partial charge in [0.1, 0.15) is 5.75 Å². The lowest BCUT2D eigenvalue weighted by Crippen LogP contribution is -2.29. The van der Waals surface area contributed by atoms with Crippen LogP contribution in [0.3, 0.4) is 0 Å². The van der Waals surface area contributed by atoms with Crippen LogP contribution < -0.4 is 24.8 Å². The first-order chi connectivity index (χ1) is 11.2. The Morgan fingerprint density at radius 2 is 1.91 bits per heavy atom. The zero-order valence-electron chi connectivity index (χ0n) is 12.8. The molecule has 23 heavy (non-hydrogen) atoms. The lowest BCUT2D eigenvalue weighted by Gasteiger charge is -2.09. The van der Waals surface area contributed by atoms with Gasteiger partial charge in [-0.15, -0.1) is 0 Å². The van der Waals surface area contributed by atoms with Crippen molar-refractivity contribution in [2.75, 3.05) is 25.8 Å². The summed E-state index contributed by atoms with van der Waals surface area (Å²) in [7, 11) is 1.62. The molecular weight excluding hydrogens is 296 g/mol. The number of hydrogen-bond acceptors (Lipinski definition) is 5. The number of benzene rings is 2. The van der Waals surface area contributed by atoms with Crippen molar-refractivity contribution in [3.63, 3.8) is 0 Å². The Hall–Kier alpha value is -2.89. The second-order valence-electron chi connectivity index (χ2n) is 5.05. The molecule has 1 aliphatic rings. The summed E-state index contributed by atoms with van der Waals surface area (Å²) in [6.45, 7) is 0.905. The van der Waals surface area contributed by atoms with E-state index in [9.17, 15) is 4.79 Å². The lowest BCUT2D eigenvalue weighted by molar-refractivity contribution is -0.119. The molecule has 2 N–H and O–H groups in total. The number of amides is 1. The van der Waals surface area contributed by atoms with Crippen molar-refractivity contribution in [2.45, 2.75) is 6.54 Å². The Morgan fingerprint density at radius 3 is 2.70 bits per heavy atom. The number of nitrogens with one attached hydrogen (secondary N) is 2. The summed E-state index contributed by atoms with van der Waals surface area (Å²) in [6, 6.07) is 13.1. The molecule has 0 bridgehead atoms. The first-order valence-corrected chi connectivity index (χ1v) is 7.28. The predicted octanol–water partition coefficient (Wildman–Crippen LogP) is 2.15. The van der Waals surface area contributed by atoms with Crippen LogP contribution in [0, 0.1) is 0 Å². The lowest BCUT2D eigenvalue weighted by atomic mass is 10.2. The highest BCUT2D eigenvalue weighted by atomic mass is 16.7. The average molecular weight is 314 g/mol. The largest absolute Gasteiger partial charge is 0.497 e. The Labute approximate surface area is 134 Å². The number of rotatable bonds is 6. The van der Waals surface area contributed by atoms with Crippen LogP contribution in [0.2, 0.25) is 0 Å². The van der Waals surface area contributed by atoms with Crippen LogP contribution in [0.25, 0.3) is 0 Å². The summed E-state index contributed by atoms with van der Waals surface area (Å²) in [4.78, 5) is 11.9. The molecule has 6 heteroatoms. The van der Waals surface area contributed by atoms with Gasteiger partial charge in [-0.2, -0.15) is 0 Å².